The average Bonchev–Trinajstić information content (AvgIpc) is 2.02. The number of aliphatic hydroxyl groups is 1. The smallest absolute Gasteiger partial charge is 0.275 e. The summed E-state index contributed by atoms with van der Waals surface area (Å²) in [5.41, 5.74) is -2.02. The molecule has 0 fully saturated rings. The molecule has 0 amide bonds. The molecule has 1 aromatic carbocycles. The van der Waals surface area contributed by atoms with Gasteiger partial charge in [0.1, 0.15) is 0 Å². The summed E-state index contributed by atoms with van der Waals surface area (Å²) in [5.74, 6) is -1.65. The molecule has 0 aromatic heterocycles. The van der Waals surface area contributed by atoms with Gasteiger partial charge in [-0.3, -0.25) is 9.59 Å². The first-order valence-corrected chi connectivity index (χ1v) is 2.88. The summed E-state index contributed by atoms with van der Waals surface area (Å²) in [6.45, 7) is 1.93. The highest BCUT2D eigenvalue weighted by atomic mass is 16.3. The third-order valence-corrected chi connectivity index (χ3v) is 0.861. The molecular weight excluding hydrogens is 152 g/mol. The van der Waals surface area contributed by atoms with Crippen LogP contribution in [0.4, 0.5) is 0 Å². The Hall–Kier alpha value is -1.36. The Kier molecular flexibility index (Phi) is 3.26. The summed E-state index contributed by atoms with van der Waals surface area (Å²) in [6, 6.07) is 0. The van der Waals surface area contributed by atoms with E-state index >= 15 is 0 Å². The Bertz CT molecular complexity index is 264. The summed E-state index contributed by atoms with van der Waals surface area (Å²) in [7, 11) is 0. The molecule has 5 nitrogen and oxygen atoms in total. The lowest BCUT2D eigenvalue weighted by Gasteiger charge is -1.92. The lowest BCUT2D eigenvalue weighted by atomic mass is 10.2. The SMILES string of the molecule is CCO.O=c1c(O)c(O)c1=O. The molecule has 1 rings (SSSR count). The van der Waals surface area contributed by atoms with Crippen molar-refractivity contribution in [2.75, 3.05) is 6.61 Å². The van der Waals surface area contributed by atoms with E-state index in [1.54, 1.807) is 6.92 Å². The molecule has 0 heterocycles. The van der Waals surface area contributed by atoms with Crippen LogP contribution in [0.3, 0.4) is 0 Å². The first-order chi connectivity index (χ1) is 5.06. The Morgan fingerprint density at radius 3 is 1.36 bits per heavy atom. The zero-order chi connectivity index (χ0) is 9.02. The van der Waals surface area contributed by atoms with Crippen LogP contribution in [-0.2, 0) is 0 Å². The van der Waals surface area contributed by atoms with Crippen molar-refractivity contribution in [1.82, 2.24) is 0 Å². The van der Waals surface area contributed by atoms with Crippen molar-refractivity contribution in [2.45, 2.75) is 6.92 Å². The monoisotopic (exact) mass is 160 g/mol. The highest BCUT2D eigenvalue weighted by Crippen LogP contribution is 2.13. The van der Waals surface area contributed by atoms with E-state index in [0.29, 0.717) is 0 Å². The zero-order valence-corrected chi connectivity index (χ0v) is 5.87. The van der Waals surface area contributed by atoms with Crippen molar-refractivity contribution in [3.63, 3.8) is 0 Å². The molecule has 0 spiro atoms. The van der Waals surface area contributed by atoms with Crippen LogP contribution in [0.15, 0.2) is 9.59 Å². The normalized spacial score (nSPS) is 8.91. The maximum Gasteiger partial charge on any atom is 0.275 e. The van der Waals surface area contributed by atoms with Gasteiger partial charge in [0.05, 0.1) is 0 Å². The summed E-state index contributed by atoms with van der Waals surface area (Å²) in [6.07, 6.45) is 0. The fraction of sp³-hybridized carbons (Fsp3) is 0.333. The topological polar surface area (TPSA) is 94.8 Å². The zero-order valence-electron chi connectivity index (χ0n) is 5.87. The van der Waals surface area contributed by atoms with Crippen molar-refractivity contribution in [2.24, 2.45) is 0 Å². The van der Waals surface area contributed by atoms with Crippen LogP contribution < -0.4 is 10.9 Å². The Morgan fingerprint density at radius 2 is 1.27 bits per heavy atom. The van der Waals surface area contributed by atoms with Crippen LogP contribution in [0.1, 0.15) is 6.92 Å². The average molecular weight is 160 g/mol. The van der Waals surface area contributed by atoms with Crippen molar-refractivity contribution in [1.29, 1.82) is 0 Å². The molecule has 0 saturated carbocycles. The highest BCUT2D eigenvalue weighted by molar-refractivity contribution is 5.42. The van der Waals surface area contributed by atoms with Gasteiger partial charge >= 0.3 is 0 Å². The predicted molar refractivity (Wildman–Crippen MR) is 37.4 cm³/mol. The van der Waals surface area contributed by atoms with Gasteiger partial charge in [-0.05, 0) is 6.92 Å². The Balaban J connectivity index is 0.000000292. The van der Waals surface area contributed by atoms with Crippen molar-refractivity contribution in [3.8, 4) is 11.5 Å². The highest BCUT2D eigenvalue weighted by Gasteiger charge is 2.17. The van der Waals surface area contributed by atoms with E-state index in [9.17, 15) is 9.59 Å². The predicted octanol–water partition coefficient (Wildman–Crippen LogP) is -1.31. The minimum absolute atomic E-state index is 0.250. The quantitative estimate of drug-likeness (QED) is 0.410. The lowest BCUT2D eigenvalue weighted by molar-refractivity contribution is 0.318. The molecule has 0 aliphatic rings. The first kappa shape index (κ1) is 9.64. The minimum Gasteiger partial charge on any atom is -0.501 e. The van der Waals surface area contributed by atoms with Crippen LogP contribution >= 0.6 is 0 Å². The number of rotatable bonds is 0. The van der Waals surface area contributed by atoms with Crippen LogP contribution in [-0.4, -0.2) is 21.9 Å². The fourth-order valence-corrected chi connectivity index (χ4v) is 0.368. The fourth-order valence-electron chi connectivity index (χ4n) is 0.368. The summed E-state index contributed by atoms with van der Waals surface area (Å²) in [4.78, 5) is 19.9. The van der Waals surface area contributed by atoms with E-state index in [1.807, 2.05) is 0 Å². The lowest BCUT2D eigenvalue weighted by Crippen LogP contribution is -2.28. The molecular formula is C6H8O5. The van der Waals surface area contributed by atoms with Gasteiger partial charge in [-0.2, -0.15) is 0 Å². The molecule has 0 radical (unpaired) electrons. The maximum absolute atomic E-state index is 9.95. The largest absolute Gasteiger partial charge is 0.501 e. The minimum atomic E-state index is -1.01. The van der Waals surface area contributed by atoms with Crippen molar-refractivity contribution < 1.29 is 15.3 Å². The number of hydrogen-bond donors (Lipinski definition) is 3. The third-order valence-electron chi connectivity index (χ3n) is 0.861. The van der Waals surface area contributed by atoms with Crippen LogP contribution in [0.25, 0.3) is 0 Å². The van der Waals surface area contributed by atoms with Gasteiger partial charge in [-0.15, -0.1) is 0 Å². The molecule has 0 aliphatic heterocycles. The molecule has 0 unspecified atom stereocenters. The molecule has 5 heteroatoms. The van der Waals surface area contributed by atoms with E-state index in [4.69, 9.17) is 15.3 Å². The van der Waals surface area contributed by atoms with E-state index in [-0.39, 0.29) is 6.61 Å². The van der Waals surface area contributed by atoms with Gasteiger partial charge in [0.15, 0.2) is 0 Å². The van der Waals surface area contributed by atoms with Gasteiger partial charge in [-0.25, -0.2) is 0 Å². The summed E-state index contributed by atoms with van der Waals surface area (Å²) >= 11 is 0. The van der Waals surface area contributed by atoms with Crippen LogP contribution in [0.5, 0.6) is 11.5 Å². The number of aliphatic hydroxyl groups excluding tert-OH is 1. The molecule has 0 atom stereocenters. The molecule has 0 aliphatic carbocycles. The standard InChI is InChI=1S/C4H2O4.C2H6O/c5-1-2(6)4(8)3(1)7;1-2-3/h5-6H;3H,2H2,1H3. The maximum atomic E-state index is 9.95. The van der Waals surface area contributed by atoms with Gasteiger partial charge in [-0.1, -0.05) is 0 Å². The molecule has 1 aromatic rings. The van der Waals surface area contributed by atoms with Crippen molar-refractivity contribution >= 4 is 0 Å². The van der Waals surface area contributed by atoms with Crippen LogP contribution in [0.2, 0.25) is 0 Å². The summed E-state index contributed by atoms with van der Waals surface area (Å²) < 4.78 is 0. The second kappa shape index (κ2) is 3.72. The number of hydrogen-bond acceptors (Lipinski definition) is 5. The first-order valence-electron chi connectivity index (χ1n) is 2.88. The number of aromatic hydroxyl groups is 2. The molecule has 0 bridgehead atoms. The molecule has 3 N–H and O–H groups in total. The molecule has 62 valence electrons. The van der Waals surface area contributed by atoms with Crippen LogP contribution in [0, 0.1) is 0 Å². The molecule has 0 saturated heterocycles. The second-order valence-electron chi connectivity index (χ2n) is 1.67. The molecule has 11 heavy (non-hydrogen) atoms. The van der Waals surface area contributed by atoms with Gasteiger partial charge in [0.2, 0.25) is 11.5 Å². The van der Waals surface area contributed by atoms with E-state index < -0.39 is 22.4 Å². The summed E-state index contributed by atoms with van der Waals surface area (Å²) in [5, 5.41) is 24.0. The van der Waals surface area contributed by atoms with E-state index in [0.717, 1.165) is 0 Å². The van der Waals surface area contributed by atoms with Crippen molar-refractivity contribution in [3.05, 3.63) is 20.4 Å². The third kappa shape index (κ3) is 1.78. The van der Waals surface area contributed by atoms with Gasteiger partial charge < -0.3 is 15.3 Å². The van der Waals surface area contributed by atoms with E-state index in [1.165, 1.54) is 0 Å². The Labute approximate surface area is 61.9 Å². The Morgan fingerprint density at radius 1 is 1.09 bits per heavy atom. The van der Waals surface area contributed by atoms with E-state index in [2.05, 4.69) is 0 Å². The van der Waals surface area contributed by atoms with Gasteiger partial charge in [0, 0.05) is 6.61 Å². The van der Waals surface area contributed by atoms with Gasteiger partial charge in [0.25, 0.3) is 10.9 Å². The second-order valence-corrected chi connectivity index (χ2v) is 1.67.